The maximum atomic E-state index is 12.9. The highest BCUT2D eigenvalue weighted by Gasteiger charge is 2.33. The highest BCUT2D eigenvalue weighted by atomic mass is 16.6. The number of amides is 2. The first kappa shape index (κ1) is 18.4. The van der Waals surface area contributed by atoms with Crippen LogP contribution in [-0.4, -0.2) is 70.5 Å². The first-order chi connectivity index (χ1) is 14.7. The number of hydrogen-bond acceptors (Lipinski definition) is 6. The topological polar surface area (TPSA) is 84.9 Å². The number of carbonyl (C=O) groups is 2. The Kier molecular flexibility index (Phi) is 4.66. The van der Waals surface area contributed by atoms with Crippen LogP contribution in [-0.2, 0) is 4.79 Å². The fourth-order valence-electron chi connectivity index (χ4n) is 3.70. The molecular formula is C22H20N4O4. The molecule has 2 aromatic carbocycles. The van der Waals surface area contributed by atoms with E-state index in [4.69, 9.17) is 9.47 Å². The molecule has 8 heteroatoms. The second kappa shape index (κ2) is 7.62. The maximum absolute atomic E-state index is 12.9. The zero-order valence-corrected chi connectivity index (χ0v) is 16.2. The summed E-state index contributed by atoms with van der Waals surface area (Å²) < 4.78 is 11.5. The van der Waals surface area contributed by atoms with E-state index in [9.17, 15) is 9.59 Å². The fourth-order valence-corrected chi connectivity index (χ4v) is 3.70. The normalized spacial score (nSPS) is 18.3. The highest BCUT2D eigenvalue weighted by Crippen LogP contribution is 2.31. The summed E-state index contributed by atoms with van der Waals surface area (Å²) >= 11 is 0. The predicted octanol–water partition coefficient (Wildman–Crippen LogP) is 1.75. The average Bonchev–Trinajstić information content (AvgIpc) is 2.82. The van der Waals surface area contributed by atoms with Gasteiger partial charge in [0.2, 0.25) is 6.10 Å². The Hall–Kier alpha value is -3.68. The Morgan fingerprint density at radius 3 is 2.33 bits per heavy atom. The molecule has 3 aromatic rings. The molecule has 1 aromatic heterocycles. The van der Waals surface area contributed by atoms with Gasteiger partial charge in [-0.15, -0.1) is 0 Å². The standard InChI is InChI=1S/C22H20N4O4/c27-21(17-13-23-15-5-1-2-6-16(15)24-17)25-9-11-26(12-10-25)22(28)20-14-29-18-7-3-4-8-19(18)30-20/h1-8,13,20H,9-12,14H2/t20-/m1/s1. The average molecular weight is 404 g/mol. The molecule has 1 fully saturated rings. The summed E-state index contributed by atoms with van der Waals surface area (Å²) in [5, 5.41) is 0. The van der Waals surface area contributed by atoms with Crippen LogP contribution in [0.3, 0.4) is 0 Å². The van der Waals surface area contributed by atoms with E-state index in [1.54, 1.807) is 15.9 Å². The molecule has 8 nitrogen and oxygen atoms in total. The van der Waals surface area contributed by atoms with Crippen LogP contribution in [0.4, 0.5) is 0 Å². The Morgan fingerprint density at radius 2 is 1.53 bits per heavy atom. The van der Waals surface area contributed by atoms with Crippen LogP contribution in [0, 0.1) is 0 Å². The number of hydrogen-bond donors (Lipinski definition) is 0. The van der Waals surface area contributed by atoms with Crippen molar-refractivity contribution in [2.75, 3.05) is 32.8 Å². The van der Waals surface area contributed by atoms with Crippen LogP contribution in [0.5, 0.6) is 11.5 Å². The largest absolute Gasteiger partial charge is 0.485 e. The summed E-state index contributed by atoms with van der Waals surface area (Å²) in [6, 6.07) is 14.7. The molecule has 1 saturated heterocycles. The van der Waals surface area contributed by atoms with Gasteiger partial charge in [0, 0.05) is 26.2 Å². The van der Waals surface area contributed by atoms with Crippen LogP contribution >= 0.6 is 0 Å². The van der Waals surface area contributed by atoms with Gasteiger partial charge in [-0.05, 0) is 24.3 Å². The minimum Gasteiger partial charge on any atom is -0.485 e. The third-order valence-corrected chi connectivity index (χ3v) is 5.33. The molecule has 0 aliphatic carbocycles. The van der Waals surface area contributed by atoms with Crippen LogP contribution in [0.15, 0.2) is 54.7 Å². The highest BCUT2D eigenvalue weighted by molar-refractivity contribution is 5.94. The van der Waals surface area contributed by atoms with Gasteiger partial charge < -0.3 is 19.3 Å². The van der Waals surface area contributed by atoms with Crippen molar-refractivity contribution in [2.45, 2.75) is 6.10 Å². The summed E-state index contributed by atoms with van der Waals surface area (Å²) in [4.78, 5) is 37.9. The van der Waals surface area contributed by atoms with Crippen molar-refractivity contribution in [1.29, 1.82) is 0 Å². The van der Waals surface area contributed by atoms with E-state index in [1.165, 1.54) is 6.20 Å². The van der Waals surface area contributed by atoms with Crippen molar-refractivity contribution in [3.8, 4) is 11.5 Å². The molecule has 3 heterocycles. The number of carbonyl (C=O) groups excluding carboxylic acids is 2. The van der Waals surface area contributed by atoms with Crippen molar-refractivity contribution < 1.29 is 19.1 Å². The second-order valence-corrected chi connectivity index (χ2v) is 7.23. The van der Waals surface area contributed by atoms with E-state index in [-0.39, 0.29) is 18.4 Å². The number of benzene rings is 2. The van der Waals surface area contributed by atoms with Gasteiger partial charge in [0.15, 0.2) is 11.5 Å². The monoisotopic (exact) mass is 404 g/mol. The molecule has 30 heavy (non-hydrogen) atoms. The van der Waals surface area contributed by atoms with Crippen LogP contribution in [0.25, 0.3) is 11.0 Å². The van der Waals surface area contributed by atoms with E-state index < -0.39 is 6.10 Å². The lowest BCUT2D eigenvalue weighted by molar-refractivity contribution is -0.142. The van der Waals surface area contributed by atoms with Crippen molar-refractivity contribution in [3.63, 3.8) is 0 Å². The molecule has 0 bridgehead atoms. The molecule has 2 amide bonds. The molecule has 1 atom stereocenters. The van der Waals surface area contributed by atoms with E-state index in [2.05, 4.69) is 9.97 Å². The second-order valence-electron chi connectivity index (χ2n) is 7.23. The zero-order valence-electron chi connectivity index (χ0n) is 16.2. The van der Waals surface area contributed by atoms with Gasteiger partial charge in [-0.1, -0.05) is 24.3 Å². The summed E-state index contributed by atoms with van der Waals surface area (Å²) in [6.45, 7) is 1.92. The van der Waals surface area contributed by atoms with Gasteiger partial charge >= 0.3 is 0 Å². The van der Waals surface area contributed by atoms with E-state index in [1.807, 2.05) is 42.5 Å². The molecular weight excluding hydrogens is 384 g/mol. The van der Waals surface area contributed by atoms with Gasteiger partial charge in [-0.3, -0.25) is 14.6 Å². The molecule has 0 unspecified atom stereocenters. The fraction of sp³-hybridized carbons (Fsp3) is 0.273. The number of rotatable bonds is 2. The predicted molar refractivity (Wildman–Crippen MR) is 108 cm³/mol. The SMILES string of the molecule is O=C(c1cnc2ccccc2n1)N1CCN(C(=O)[C@H]2COc3ccccc3O2)CC1. The summed E-state index contributed by atoms with van der Waals surface area (Å²) in [7, 11) is 0. The van der Waals surface area contributed by atoms with Gasteiger partial charge in [0.25, 0.3) is 11.8 Å². The molecule has 5 rings (SSSR count). The van der Waals surface area contributed by atoms with E-state index >= 15 is 0 Å². The lowest BCUT2D eigenvalue weighted by Crippen LogP contribution is -2.55. The lowest BCUT2D eigenvalue weighted by Gasteiger charge is -2.37. The van der Waals surface area contributed by atoms with Crippen LogP contribution in [0.1, 0.15) is 10.5 Å². The number of nitrogens with zero attached hydrogens (tertiary/aromatic N) is 4. The number of fused-ring (bicyclic) bond motifs is 2. The van der Waals surface area contributed by atoms with Gasteiger partial charge in [0.05, 0.1) is 17.2 Å². The molecule has 152 valence electrons. The lowest BCUT2D eigenvalue weighted by atomic mass is 10.2. The van der Waals surface area contributed by atoms with Crippen molar-refractivity contribution in [3.05, 3.63) is 60.4 Å². The molecule has 0 spiro atoms. The first-order valence-electron chi connectivity index (χ1n) is 9.87. The van der Waals surface area contributed by atoms with Gasteiger partial charge in [0.1, 0.15) is 12.3 Å². The molecule has 0 N–H and O–H groups in total. The van der Waals surface area contributed by atoms with E-state index in [0.717, 1.165) is 5.52 Å². The number of ether oxygens (including phenoxy) is 2. The maximum Gasteiger partial charge on any atom is 0.274 e. The Bertz CT molecular complexity index is 1110. The molecule has 2 aliphatic rings. The Balaban J connectivity index is 1.21. The summed E-state index contributed by atoms with van der Waals surface area (Å²) in [5.41, 5.74) is 1.75. The van der Waals surface area contributed by atoms with Gasteiger partial charge in [-0.25, -0.2) is 4.98 Å². The first-order valence-corrected chi connectivity index (χ1v) is 9.87. The minimum atomic E-state index is -0.673. The Morgan fingerprint density at radius 1 is 0.867 bits per heavy atom. The van der Waals surface area contributed by atoms with Crippen molar-refractivity contribution in [2.24, 2.45) is 0 Å². The molecule has 0 radical (unpaired) electrons. The summed E-state index contributed by atoms with van der Waals surface area (Å²) in [6.07, 6.45) is 0.834. The number of para-hydroxylation sites is 4. The van der Waals surface area contributed by atoms with E-state index in [0.29, 0.717) is 48.9 Å². The minimum absolute atomic E-state index is 0.123. The van der Waals surface area contributed by atoms with Crippen LogP contribution < -0.4 is 9.47 Å². The Labute approximate surface area is 173 Å². The van der Waals surface area contributed by atoms with Crippen molar-refractivity contribution in [1.82, 2.24) is 19.8 Å². The molecule has 2 aliphatic heterocycles. The van der Waals surface area contributed by atoms with Crippen molar-refractivity contribution >= 4 is 22.8 Å². The smallest absolute Gasteiger partial charge is 0.274 e. The number of aromatic nitrogens is 2. The molecule has 0 saturated carbocycles. The quantitative estimate of drug-likeness (QED) is 0.647. The third kappa shape index (κ3) is 3.41. The van der Waals surface area contributed by atoms with Crippen LogP contribution in [0.2, 0.25) is 0 Å². The summed E-state index contributed by atoms with van der Waals surface area (Å²) in [5.74, 6) is 0.924. The third-order valence-electron chi connectivity index (χ3n) is 5.33. The zero-order chi connectivity index (χ0) is 20.5. The van der Waals surface area contributed by atoms with Gasteiger partial charge in [-0.2, -0.15) is 0 Å². The number of piperazine rings is 1.